The molecule has 0 aromatic heterocycles. The number of hydrogen-bond donors (Lipinski definition) is 2. The summed E-state index contributed by atoms with van der Waals surface area (Å²) in [4.78, 5) is 12.0. The second kappa shape index (κ2) is 9.25. The Labute approximate surface area is 145 Å². The Hall–Kier alpha value is -1.11. The van der Waals surface area contributed by atoms with Gasteiger partial charge in [-0.2, -0.15) is 8.78 Å². The molecular formula is C15H20Cl2F2N2O2. The molecule has 1 aliphatic carbocycles. The normalized spacial score (nSPS) is 20.7. The van der Waals surface area contributed by atoms with Crippen LogP contribution in [0.15, 0.2) is 18.2 Å². The minimum Gasteiger partial charge on any atom is -0.433 e. The minimum atomic E-state index is -2.94. The van der Waals surface area contributed by atoms with Crippen LogP contribution in [0.2, 0.25) is 5.02 Å². The van der Waals surface area contributed by atoms with Crippen LogP contribution in [0.1, 0.15) is 32.1 Å². The quantitative estimate of drug-likeness (QED) is 0.817. The van der Waals surface area contributed by atoms with Crippen LogP contribution in [-0.2, 0) is 4.79 Å². The van der Waals surface area contributed by atoms with Gasteiger partial charge < -0.3 is 15.8 Å². The third kappa shape index (κ3) is 6.12. The molecule has 1 aliphatic rings. The van der Waals surface area contributed by atoms with E-state index >= 15 is 0 Å². The molecule has 8 heteroatoms. The molecule has 2 atom stereocenters. The second-order valence-corrected chi connectivity index (χ2v) is 5.89. The van der Waals surface area contributed by atoms with Crippen molar-refractivity contribution in [1.82, 2.24) is 0 Å². The highest BCUT2D eigenvalue weighted by atomic mass is 35.5. The molecule has 0 heterocycles. The van der Waals surface area contributed by atoms with Crippen LogP contribution >= 0.6 is 24.0 Å². The second-order valence-electron chi connectivity index (χ2n) is 5.48. The maximum Gasteiger partial charge on any atom is 0.387 e. The topological polar surface area (TPSA) is 64.4 Å². The Morgan fingerprint density at radius 1 is 1.39 bits per heavy atom. The lowest BCUT2D eigenvalue weighted by atomic mass is 9.83. The van der Waals surface area contributed by atoms with Crippen molar-refractivity contribution in [3.63, 3.8) is 0 Å². The Balaban J connectivity index is 0.00000264. The van der Waals surface area contributed by atoms with Crippen LogP contribution in [-0.4, -0.2) is 18.6 Å². The minimum absolute atomic E-state index is 0. The molecule has 3 N–H and O–H groups in total. The van der Waals surface area contributed by atoms with Gasteiger partial charge in [0.25, 0.3) is 0 Å². The van der Waals surface area contributed by atoms with E-state index in [2.05, 4.69) is 10.1 Å². The fourth-order valence-electron chi connectivity index (χ4n) is 2.71. The van der Waals surface area contributed by atoms with Crippen molar-refractivity contribution in [1.29, 1.82) is 0 Å². The molecule has 0 aliphatic heterocycles. The molecule has 1 fully saturated rings. The number of alkyl halides is 2. The smallest absolute Gasteiger partial charge is 0.387 e. The van der Waals surface area contributed by atoms with Crippen molar-refractivity contribution in [3.05, 3.63) is 23.2 Å². The highest BCUT2D eigenvalue weighted by Gasteiger charge is 2.24. The number of halogens is 4. The number of ether oxygens (including phenoxy) is 1. The summed E-state index contributed by atoms with van der Waals surface area (Å²) < 4.78 is 28.5. The summed E-state index contributed by atoms with van der Waals surface area (Å²) >= 11 is 5.84. The van der Waals surface area contributed by atoms with Gasteiger partial charge in [-0.05, 0) is 37.0 Å². The van der Waals surface area contributed by atoms with E-state index < -0.39 is 6.61 Å². The highest BCUT2D eigenvalue weighted by Crippen LogP contribution is 2.30. The average molecular weight is 369 g/mol. The van der Waals surface area contributed by atoms with E-state index in [0.717, 1.165) is 25.7 Å². The molecule has 2 unspecified atom stereocenters. The molecular weight excluding hydrogens is 349 g/mol. The Kier molecular flexibility index (Phi) is 8.02. The highest BCUT2D eigenvalue weighted by molar-refractivity contribution is 6.32. The van der Waals surface area contributed by atoms with E-state index in [0.29, 0.717) is 12.1 Å². The van der Waals surface area contributed by atoms with Crippen LogP contribution in [0.3, 0.4) is 0 Å². The maximum atomic E-state index is 12.1. The van der Waals surface area contributed by atoms with Crippen LogP contribution in [0, 0.1) is 5.92 Å². The number of rotatable bonds is 5. The lowest BCUT2D eigenvalue weighted by molar-refractivity contribution is -0.117. The molecule has 1 amide bonds. The van der Waals surface area contributed by atoms with Crippen molar-refractivity contribution >= 4 is 35.6 Å². The zero-order valence-corrected chi connectivity index (χ0v) is 14.0. The fourth-order valence-corrected chi connectivity index (χ4v) is 2.94. The fraction of sp³-hybridized carbons (Fsp3) is 0.533. The van der Waals surface area contributed by atoms with Crippen molar-refractivity contribution in [2.75, 3.05) is 5.32 Å². The van der Waals surface area contributed by atoms with Crippen LogP contribution in [0.4, 0.5) is 14.5 Å². The summed E-state index contributed by atoms with van der Waals surface area (Å²) in [7, 11) is 0. The number of amides is 1. The lowest BCUT2D eigenvalue weighted by Gasteiger charge is -2.27. The van der Waals surface area contributed by atoms with Crippen LogP contribution in [0.25, 0.3) is 0 Å². The number of hydrogen-bond acceptors (Lipinski definition) is 3. The third-order valence-corrected chi connectivity index (χ3v) is 4.14. The zero-order valence-electron chi connectivity index (χ0n) is 12.4. The van der Waals surface area contributed by atoms with E-state index in [1.807, 2.05) is 0 Å². The van der Waals surface area contributed by atoms with E-state index in [1.165, 1.54) is 18.2 Å². The number of anilines is 1. The Morgan fingerprint density at radius 3 is 2.70 bits per heavy atom. The Morgan fingerprint density at radius 2 is 2.09 bits per heavy atom. The van der Waals surface area contributed by atoms with Gasteiger partial charge in [0.2, 0.25) is 5.91 Å². The van der Waals surface area contributed by atoms with Gasteiger partial charge in [0.15, 0.2) is 0 Å². The molecule has 0 radical (unpaired) electrons. The molecule has 1 saturated carbocycles. The third-order valence-electron chi connectivity index (χ3n) is 3.85. The number of nitrogens with two attached hydrogens (primary N) is 1. The van der Waals surface area contributed by atoms with Gasteiger partial charge in [0.1, 0.15) is 5.75 Å². The average Bonchev–Trinajstić information content (AvgIpc) is 2.44. The Bertz CT molecular complexity index is 532. The van der Waals surface area contributed by atoms with E-state index in [-0.39, 0.29) is 41.0 Å². The maximum absolute atomic E-state index is 12.1. The van der Waals surface area contributed by atoms with Gasteiger partial charge in [0.05, 0.1) is 5.02 Å². The first kappa shape index (κ1) is 19.9. The number of nitrogens with one attached hydrogen (secondary N) is 1. The van der Waals surface area contributed by atoms with Crippen molar-refractivity contribution in [2.45, 2.75) is 44.8 Å². The summed E-state index contributed by atoms with van der Waals surface area (Å²) in [6.07, 6.45) is 4.46. The first-order chi connectivity index (χ1) is 10.5. The van der Waals surface area contributed by atoms with Gasteiger partial charge >= 0.3 is 6.61 Å². The molecule has 0 bridgehead atoms. The predicted octanol–water partition coefficient (Wildman–Crippen LogP) is 4.21. The summed E-state index contributed by atoms with van der Waals surface area (Å²) in [6, 6.07) is 4.22. The first-order valence-corrected chi connectivity index (χ1v) is 7.63. The monoisotopic (exact) mass is 368 g/mol. The summed E-state index contributed by atoms with van der Waals surface area (Å²) in [5.41, 5.74) is 6.47. The molecule has 2 rings (SSSR count). The van der Waals surface area contributed by atoms with Gasteiger partial charge in [-0.15, -0.1) is 12.4 Å². The number of carbonyl (C=O) groups excluding carboxylic acids is 1. The SMILES string of the molecule is Cl.NC1CCCCC1CC(=O)Nc1ccc(OC(F)F)c(Cl)c1. The largest absolute Gasteiger partial charge is 0.433 e. The first-order valence-electron chi connectivity index (χ1n) is 7.25. The molecule has 0 saturated heterocycles. The van der Waals surface area contributed by atoms with Crippen LogP contribution < -0.4 is 15.8 Å². The zero-order chi connectivity index (χ0) is 16.1. The van der Waals surface area contributed by atoms with E-state index in [4.69, 9.17) is 17.3 Å². The molecule has 0 spiro atoms. The van der Waals surface area contributed by atoms with Gasteiger partial charge in [0, 0.05) is 18.2 Å². The number of benzene rings is 1. The summed E-state index contributed by atoms with van der Waals surface area (Å²) in [6.45, 7) is -2.94. The molecule has 23 heavy (non-hydrogen) atoms. The molecule has 1 aromatic carbocycles. The molecule has 130 valence electrons. The lowest BCUT2D eigenvalue weighted by Crippen LogP contribution is -2.35. The van der Waals surface area contributed by atoms with Gasteiger partial charge in [-0.3, -0.25) is 4.79 Å². The van der Waals surface area contributed by atoms with Gasteiger partial charge in [-0.25, -0.2) is 0 Å². The van der Waals surface area contributed by atoms with Gasteiger partial charge in [-0.1, -0.05) is 24.4 Å². The summed E-state index contributed by atoms with van der Waals surface area (Å²) in [5.74, 6) is -0.0874. The van der Waals surface area contributed by atoms with Crippen molar-refractivity contribution < 1.29 is 18.3 Å². The molecule has 1 aromatic rings. The number of carbonyl (C=O) groups is 1. The predicted molar refractivity (Wildman–Crippen MR) is 88.5 cm³/mol. The molecule has 4 nitrogen and oxygen atoms in total. The standard InChI is InChI=1S/C15H19ClF2N2O2.ClH/c16-11-8-10(5-6-13(11)22-15(17)18)20-14(21)7-9-3-1-2-4-12(9)19;/h5-6,8-9,12,15H,1-4,7,19H2,(H,20,21);1H. The van der Waals surface area contributed by atoms with Crippen LogP contribution in [0.5, 0.6) is 5.75 Å². The van der Waals surface area contributed by atoms with E-state index in [1.54, 1.807) is 0 Å². The van der Waals surface area contributed by atoms with E-state index in [9.17, 15) is 13.6 Å². The summed E-state index contributed by atoms with van der Waals surface area (Å²) in [5, 5.41) is 2.73. The van der Waals surface area contributed by atoms with Crippen molar-refractivity contribution in [3.8, 4) is 5.75 Å². The van der Waals surface area contributed by atoms with Crippen molar-refractivity contribution in [2.24, 2.45) is 11.7 Å².